The summed E-state index contributed by atoms with van der Waals surface area (Å²) >= 11 is 0. The van der Waals surface area contributed by atoms with E-state index in [0.29, 0.717) is 0 Å². The third-order valence-electron chi connectivity index (χ3n) is 1.18. The second-order valence-electron chi connectivity index (χ2n) is 1.76. The molecular formula is C6H4N3. The Kier molecular flexibility index (Phi) is 0.773. The fraction of sp³-hybridized carbons (Fsp3) is 0. The van der Waals surface area contributed by atoms with Gasteiger partial charge in [0.15, 0.2) is 0 Å². The van der Waals surface area contributed by atoms with E-state index in [1.54, 1.807) is 12.3 Å². The predicted molar refractivity (Wildman–Crippen MR) is 32.7 cm³/mol. The Hall–Kier alpha value is -1.38. The smallest absolute Gasteiger partial charge is 0.110 e. The van der Waals surface area contributed by atoms with Gasteiger partial charge in [-0.1, -0.05) is 0 Å². The SMILES string of the molecule is [c]1cc2c[nH]nc2cn1. The molecule has 0 amide bonds. The zero-order valence-corrected chi connectivity index (χ0v) is 4.63. The Morgan fingerprint density at radius 2 is 2.56 bits per heavy atom. The summed E-state index contributed by atoms with van der Waals surface area (Å²) in [6.45, 7) is 0. The van der Waals surface area contributed by atoms with Crippen molar-refractivity contribution in [3.63, 3.8) is 0 Å². The van der Waals surface area contributed by atoms with E-state index in [9.17, 15) is 0 Å². The summed E-state index contributed by atoms with van der Waals surface area (Å²) in [6, 6.07) is 1.79. The average molecular weight is 118 g/mol. The number of nitrogens with zero attached hydrogens (tertiary/aromatic N) is 2. The average Bonchev–Trinajstić information content (AvgIpc) is 2.33. The molecule has 43 valence electrons. The van der Waals surface area contributed by atoms with Gasteiger partial charge in [-0.2, -0.15) is 5.10 Å². The summed E-state index contributed by atoms with van der Waals surface area (Å²) < 4.78 is 0. The van der Waals surface area contributed by atoms with E-state index in [1.807, 2.05) is 6.20 Å². The van der Waals surface area contributed by atoms with Gasteiger partial charge in [-0.3, -0.25) is 10.1 Å². The minimum absolute atomic E-state index is 0.883. The number of pyridine rings is 1. The number of fused-ring (bicyclic) bond motifs is 1. The predicted octanol–water partition coefficient (Wildman–Crippen LogP) is 0.758. The minimum Gasteiger partial charge on any atom is -0.284 e. The van der Waals surface area contributed by atoms with E-state index in [4.69, 9.17) is 0 Å². The molecule has 3 heteroatoms. The van der Waals surface area contributed by atoms with Crippen LogP contribution in [-0.2, 0) is 0 Å². The molecule has 3 nitrogen and oxygen atoms in total. The van der Waals surface area contributed by atoms with E-state index in [1.165, 1.54) is 0 Å². The Labute approximate surface area is 51.7 Å². The van der Waals surface area contributed by atoms with E-state index in [-0.39, 0.29) is 0 Å². The second kappa shape index (κ2) is 1.55. The molecule has 2 aromatic rings. The molecule has 1 N–H and O–H groups in total. The van der Waals surface area contributed by atoms with Crippen LogP contribution in [0.5, 0.6) is 0 Å². The van der Waals surface area contributed by atoms with Gasteiger partial charge in [0, 0.05) is 11.6 Å². The van der Waals surface area contributed by atoms with Gasteiger partial charge in [-0.15, -0.1) is 0 Å². The van der Waals surface area contributed by atoms with Crippen LogP contribution in [0, 0.1) is 6.20 Å². The fourth-order valence-electron chi connectivity index (χ4n) is 0.734. The van der Waals surface area contributed by atoms with Crippen LogP contribution < -0.4 is 0 Å². The maximum Gasteiger partial charge on any atom is 0.110 e. The summed E-state index contributed by atoms with van der Waals surface area (Å²) in [5, 5.41) is 7.69. The molecule has 1 radical (unpaired) electrons. The molecule has 0 atom stereocenters. The zero-order chi connectivity index (χ0) is 6.10. The Balaban J connectivity index is 2.95. The van der Waals surface area contributed by atoms with Crippen molar-refractivity contribution in [2.24, 2.45) is 0 Å². The molecule has 0 bridgehead atoms. The van der Waals surface area contributed by atoms with E-state index in [0.717, 1.165) is 10.9 Å². The van der Waals surface area contributed by atoms with Gasteiger partial charge in [0.1, 0.15) is 5.52 Å². The van der Waals surface area contributed by atoms with Gasteiger partial charge < -0.3 is 0 Å². The Bertz CT molecular complexity index is 282. The summed E-state index contributed by atoms with van der Waals surface area (Å²) in [7, 11) is 0. The van der Waals surface area contributed by atoms with Crippen LogP contribution >= 0.6 is 0 Å². The molecule has 0 aliphatic heterocycles. The van der Waals surface area contributed by atoms with Crippen molar-refractivity contribution < 1.29 is 0 Å². The molecular weight excluding hydrogens is 114 g/mol. The van der Waals surface area contributed by atoms with Crippen LogP contribution in [0.4, 0.5) is 0 Å². The molecule has 0 unspecified atom stereocenters. The van der Waals surface area contributed by atoms with Gasteiger partial charge in [0.2, 0.25) is 0 Å². The van der Waals surface area contributed by atoms with Gasteiger partial charge in [0.05, 0.1) is 12.4 Å². The molecule has 2 heterocycles. The maximum absolute atomic E-state index is 3.91. The molecule has 0 aromatic carbocycles. The highest BCUT2D eigenvalue weighted by Crippen LogP contribution is 2.04. The lowest BCUT2D eigenvalue weighted by atomic mass is 10.3. The van der Waals surface area contributed by atoms with Gasteiger partial charge in [-0.05, 0) is 6.07 Å². The van der Waals surface area contributed by atoms with E-state index >= 15 is 0 Å². The molecule has 0 aliphatic rings. The first kappa shape index (κ1) is 4.49. The number of hydrogen-bond acceptors (Lipinski definition) is 2. The van der Waals surface area contributed by atoms with Gasteiger partial charge in [0.25, 0.3) is 0 Å². The summed E-state index contributed by atoms with van der Waals surface area (Å²) in [6.07, 6.45) is 6.20. The molecule has 9 heavy (non-hydrogen) atoms. The number of aromatic amines is 1. The lowest BCUT2D eigenvalue weighted by Gasteiger charge is -1.78. The summed E-state index contributed by atoms with van der Waals surface area (Å²) in [4.78, 5) is 3.78. The first-order valence-electron chi connectivity index (χ1n) is 2.62. The van der Waals surface area contributed by atoms with Crippen molar-refractivity contribution in [1.82, 2.24) is 15.2 Å². The zero-order valence-electron chi connectivity index (χ0n) is 4.63. The Morgan fingerprint density at radius 3 is 3.44 bits per heavy atom. The van der Waals surface area contributed by atoms with Crippen LogP contribution in [0.3, 0.4) is 0 Å². The number of nitrogens with one attached hydrogen (secondary N) is 1. The molecule has 0 saturated heterocycles. The number of aromatic nitrogens is 3. The highest BCUT2D eigenvalue weighted by atomic mass is 15.1. The lowest BCUT2D eigenvalue weighted by Crippen LogP contribution is -1.69. The van der Waals surface area contributed by atoms with E-state index in [2.05, 4.69) is 21.4 Å². The van der Waals surface area contributed by atoms with Crippen molar-refractivity contribution in [2.75, 3.05) is 0 Å². The van der Waals surface area contributed by atoms with Gasteiger partial charge >= 0.3 is 0 Å². The number of hydrogen-bond donors (Lipinski definition) is 1. The largest absolute Gasteiger partial charge is 0.284 e. The maximum atomic E-state index is 3.91. The van der Waals surface area contributed by atoms with Crippen molar-refractivity contribution in [1.29, 1.82) is 0 Å². The lowest BCUT2D eigenvalue weighted by molar-refractivity contribution is 1.11. The molecule has 2 aromatic heterocycles. The Morgan fingerprint density at radius 1 is 1.56 bits per heavy atom. The van der Waals surface area contributed by atoms with Crippen molar-refractivity contribution in [2.45, 2.75) is 0 Å². The third kappa shape index (κ3) is 0.579. The normalized spacial score (nSPS) is 10.2. The van der Waals surface area contributed by atoms with Crippen LogP contribution in [0.2, 0.25) is 0 Å². The van der Waals surface area contributed by atoms with Crippen molar-refractivity contribution >= 4 is 10.9 Å². The molecule has 0 fully saturated rings. The van der Waals surface area contributed by atoms with Gasteiger partial charge in [-0.25, -0.2) is 0 Å². The van der Waals surface area contributed by atoms with Crippen molar-refractivity contribution in [3.8, 4) is 0 Å². The van der Waals surface area contributed by atoms with Crippen LogP contribution in [-0.4, -0.2) is 15.2 Å². The minimum atomic E-state index is 0.883. The number of rotatable bonds is 0. The second-order valence-corrected chi connectivity index (χ2v) is 1.76. The highest BCUT2D eigenvalue weighted by Gasteiger charge is 1.90. The topological polar surface area (TPSA) is 41.6 Å². The van der Waals surface area contributed by atoms with Crippen LogP contribution in [0.25, 0.3) is 10.9 Å². The summed E-state index contributed by atoms with van der Waals surface area (Å²) in [5.41, 5.74) is 0.883. The molecule has 0 spiro atoms. The number of H-pyrrole nitrogens is 1. The molecule has 2 rings (SSSR count). The highest BCUT2D eigenvalue weighted by molar-refractivity contribution is 5.75. The van der Waals surface area contributed by atoms with E-state index < -0.39 is 0 Å². The molecule has 0 aliphatic carbocycles. The van der Waals surface area contributed by atoms with Crippen molar-refractivity contribution in [3.05, 3.63) is 24.7 Å². The van der Waals surface area contributed by atoms with Crippen LogP contribution in [0.15, 0.2) is 18.5 Å². The standard InChI is InChI=1S/C6H4N3/c1-2-7-4-6-5(1)3-8-9-6/h1,3-4H,(H,8,9). The third-order valence-corrected chi connectivity index (χ3v) is 1.18. The summed E-state index contributed by atoms with van der Waals surface area (Å²) in [5.74, 6) is 0. The molecule has 0 saturated carbocycles. The quantitative estimate of drug-likeness (QED) is 0.554. The fourth-order valence-corrected chi connectivity index (χ4v) is 0.734. The first-order valence-corrected chi connectivity index (χ1v) is 2.62. The first-order chi connectivity index (χ1) is 4.47. The van der Waals surface area contributed by atoms with Crippen LogP contribution in [0.1, 0.15) is 0 Å². The monoisotopic (exact) mass is 118 g/mol.